The van der Waals surface area contributed by atoms with E-state index in [0.717, 1.165) is 78.9 Å². The summed E-state index contributed by atoms with van der Waals surface area (Å²) in [6.45, 7) is 34.1. The lowest BCUT2D eigenvalue weighted by atomic mass is 9.65. The molecule has 7 saturated carbocycles. The van der Waals surface area contributed by atoms with Crippen LogP contribution >= 0.6 is 0 Å². The predicted octanol–water partition coefficient (Wildman–Crippen LogP) is 17.4. The Hall–Kier alpha value is -5.83. The summed E-state index contributed by atoms with van der Waals surface area (Å²) < 4.78 is 141. The molecule has 10 aliphatic rings. The lowest BCUT2D eigenvalue weighted by Crippen LogP contribution is -2.49. The van der Waals surface area contributed by atoms with Gasteiger partial charge in [-0.25, -0.2) is 13.2 Å². The average Bonchev–Trinajstić information content (AvgIpc) is 1.54. The molecule has 10 fully saturated rings. The van der Waals surface area contributed by atoms with Crippen LogP contribution in [0.15, 0.2) is 41.3 Å². The number of alkyl halides is 5. The van der Waals surface area contributed by atoms with Crippen LogP contribution in [-0.4, -0.2) is 140 Å². The van der Waals surface area contributed by atoms with Crippen molar-refractivity contribution in [2.45, 2.75) is 305 Å². The zero-order valence-corrected chi connectivity index (χ0v) is 71.4. The number of esters is 8. The van der Waals surface area contributed by atoms with Gasteiger partial charge in [0.1, 0.15) is 40.7 Å². The third kappa shape index (κ3) is 20.7. The molecule has 7 aliphatic carbocycles. The molecule has 3 heterocycles. The van der Waals surface area contributed by atoms with Crippen LogP contribution in [-0.2, 0) is 97.3 Å². The summed E-state index contributed by atoms with van der Waals surface area (Å²) in [6, 6.07) is 11.2. The van der Waals surface area contributed by atoms with E-state index in [9.17, 15) is 73.3 Å². The van der Waals surface area contributed by atoms with Gasteiger partial charge < -0.3 is 47.2 Å². The Morgan fingerprint density at radius 2 is 1.13 bits per heavy atom. The third-order valence-corrected chi connectivity index (χ3v) is 30.4. The van der Waals surface area contributed by atoms with Crippen LogP contribution in [0.25, 0.3) is 10.8 Å². The number of carbonyl (C=O) groups excluding carboxylic acids is 8. The normalized spacial score (nSPS) is 28.3. The molecule has 15 atom stereocenters. The summed E-state index contributed by atoms with van der Waals surface area (Å²) in [5.74, 6) is 4.47. The zero-order chi connectivity index (χ0) is 84.0. The quantitative estimate of drug-likeness (QED) is 0.0250. The van der Waals surface area contributed by atoms with Gasteiger partial charge in [0.25, 0.3) is 0 Å². The Morgan fingerprint density at radius 3 is 1.63 bits per heavy atom. The molecule has 27 heteroatoms. The molecule has 15 unspecified atom stereocenters. The number of halogens is 5. The molecule has 3 aliphatic heterocycles. The molecule has 2 aromatic carbocycles. The molecule has 0 amide bonds. The highest BCUT2D eigenvalue weighted by Gasteiger charge is 2.71. The van der Waals surface area contributed by atoms with E-state index >= 15 is 0 Å². The predicted molar refractivity (Wildman–Crippen MR) is 412 cm³/mol. The minimum atomic E-state index is -5.86. The van der Waals surface area contributed by atoms with E-state index in [1.165, 1.54) is 88.7 Å². The fraction of sp³-hybridized carbons (Fsp3) is 0.788. The standard InChI is InChI=1S/C20H32O2.C16H16F3OS.C16H22O6.C14H26O2.C10H16O4.C9H16F2O5S/c1-5-19(3,4)18(21)22-20(6-2)11-14-10-15(20)17-13-8-7-12(9-13)16(14)17;17-16(18,19)11-20-14-7-8-15(21-9-3-4-10-21)13-6-2-1-5-12(13)14;1-5-16(2,3)15(19)22-12-7-6-8-10(9(7)13(17)20-4)14(18)21-11(8)12;1-6-13(4,5)12(15)16-14(11(2)3)9-7-8-10-14;1-4-10(2,3)9(12)14-7-5-6-13-8(7)11;1-5-8(3,4)7(12)16-6(2)9(10,11)17(13,14)15/h12-17H,5-11H2,1-4H3;1-2,5-8H,3-4,9-11H2;7-12H,5-6H2,1-4H3;11H,6-10H2,1-5H3;7H,4-6H2,1-3H3;6H,5H2,1-4H3,(H,13,14,15)/q;+1;;;;/p-1. The highest BCUT2D eigenvalue weighted by molar-refractivity contribution is 7.97. The van der Waals surface area contributed by atoms with Crippen LogP contribution in [0, 0.1) is 92.2 Å². The fourth-order valence-corrected chi connectivity index (χ4v) is 20.4. The lowest BCUT2D eigenvalue weighted by Gasteiger charge is -2.46. The molecular formula is C85H127F5O20S2. The van der Waals surface area contributed by atoms with Gasteiger partial charge in [-0.3, -0.25) is 33.6 Å². The molecule has 0 radical (unpaired) electrons. The first-order valence-electron chi connectivity index (χ1n) is 40.7. The van der Waals surface area contributed by atoms with E-state index in [1.54, 1.807) is 26.8 Å². The van der Waals surface area contributed by atoms with Crippen molar-refractivity contribution in [1.29, 1.82) is 0 Å². The number of benzene rings is 2. The molecule has 0 aromatic heterocycles. The maximum atomic E-state index is 13.0. The zero-order valence-electron chi connectivity index (χ0n) is 69.8. The van der Waals surface area contributed by atoms with Crippen LogP contribution in [0.5, 0.6) is 5.75 Å². The number of fused-ring (bicyclic) bond motifs is 11. The number of carbonyl (C=O) groups is 8. The second kappa shape index (κ2) is 36.8. The minimum Gasteiger partial charge on any atom is -0.743 e. The number of methoxy groups -OCH3 is 1. The van der Waals surface area contributed by atoms with Crippen molar-refractivity contribution in [3.63, 3.8) is 0 Å². The lowest BCUT2D eigenvalue weighted by molar-refractivity contribution is -0.183. The second-order valence-electron chi connectivity index (χ2n) is 36.0. The monoisotopic (exact) mass is 1630 g/mol. The smallest absolute Gasteiger partial charge is 0.422 e. The van der Waals surface area contributed by atoms with E-state index in [2.05, 4.69) is 32.4 Å². The summed E-state index contributed by atoms with van der Waals surface area (Å²) in [6.07, 6.45) is 11.1. The Balaban J connectivity index is 0.000000188. The van der Waals surface area contributed by atoms with Crippen LogP contribution in [0.2, 0.25) is 0 Å². The van der Waals surface area contributed by atoms with Crippen molar-refractivity contribution in [2.24, 2.45) is 92.2 Å². The number of cyclic esters (lactones) is 1. The van der Waals surface area contributed by atoms with Gasteiger partial charge >= 0.3 is 59.2 Å². The van der Waals surface area contributed by atoms with E-state index in [-0.39, 0.29) is 74.6 Å². The van der Waals surface area contributed by atoms with Crippen molar-refractivity contribution >= 4 is 79.5 Å². The van der Waals surface area contributed by atoms with E-state index < -0.39 is 98.6 Å². The van der Waals surface area contributed by atoms with Gasteiger partial charge in [-0.05, 0) is 245 Å². The van der Waals surface area contributed by atoms with Crippen LogP contribution in [0.4, 0.5) is 22.0 Å². The topological polar surface area (TPSA) is 277 Å². The number of ether oxygens (including phenoxy) is 9. The maximum absolute atomic E-state index is 13.0. The highest BCUT2D eigenvalue weighted by atomic mass is 32.2. The van der Waals surface area contributed by atoms with E-state index in [1.807, 2.05) is 92.6 Å². The fourth-order valence-electron chi connectivity index (χ4n) is 17.4. The molecular weight excluding hydrogens is 1500 g/mol. The second-order valence-corrected chi connectivity index (χ2v) is 39.7. The Morgan fingerprint density at radius 1 is 0.616 bits per heavy atom. The Labute approximate surface area is 663 Å². The first-order chi connectivity index (χ1) is 51.9. The highest BCUT2D eigenvalue weighted by Crippen LogP contribution is 2.71. The van der Waals surface area contributed by atoms with Gasteiger partial charge in [-0.15, -0.1) is 0 Å². The van der Waals surface area contributed by atoms with Crippen LogP contribution in [0.3, 0.4) is 0 Å². The summed E-state index contributed by atoms with van der Waals surface area (Å²) in [5.41, 5.74) is -3.11. The Bertz CT molecular complexity index is 3750. The average molecular weight is 1630 g/mol. The maximum Gasteiger partial charge on any atom is 0.422 e. The van der Waals surface area contributed by atoms with Gasteiger partial charge in [-0.2, -0.15) is 22.0 Å². The van der Waals surface area contributed by atoms with Gasteiger partial charge in [0, 0.05) is 45.8 Å². The molecule has 2 aromatic rings. The van der Waals surface area contributed by atoms with E-state index in [0.29, 0.717) is 63.2 Å². The van der Waals surface area contributed by atoms with Crippen molar-refractivity contribution < 1.29 is 116 Å². The van der Waals surface area contributed by atoms with Crippen molar-refractivity contribution in [2.75, 3.05) is 31.8 Å². The summed E-state index contributed by atoms with van der Waals surface area (Å²) >= 11 is 0. The van der Waals surface area contributed by atoms with Crippen molar-refractivity contribution in [3.05, 3.63) is 36.4 Å². The summed E-state index contributed by atoms with van der Waals surface area (Å²) in [7, 11) is -4.32. The molecule has 634 valence electrons. The molecule has 12 rings (SSSR count). The molecule has 20 nitrogen and oxygen atoms in total. The first-order valence-corrected chi connectivity index (χ1v) is 43.7. The van der Waals surface area contributed by atoms with Gasteiger partial charge in [-0.1, -0.05) is 73.6 Å². The first kappa shape index (κ1) is 93.3. The van der Waals surface area contributed by atoms with Crippen LogP contribution < -0.4 is 4.74 Å². The Kier molecular flexibility index (Phi) is 30.6. The SMILES string of the molecule is CCC(C)(C)C(=O)OC(C)C(F)(F)S(=O)(=O)[O-].CCC(C)(C)C(=O)OC1(C(C)C)CCCC1.CCC(C)(C)C(=O)OC1(CC)CC2CC1C1C3CCC(C3)C21.CCC(C)(C)C(=O)OC1C2CC3C1OC(=O)C3C2C(=O)OC.CCC(C)(C)C(=O)OC1CCOC1=O.FC(F)(F)COc1ccc([S+]2CCCC2)c2ccccc12. The molecule has 0 N–H and O–H groups in total. The third-order valence-electron chi connectivity index (χ3n) is 26.8. The molecule has 6 bridgehead atoms. The van der Waals surface area contributed by atoms with Gasteiger partial charge in [0.15, 0.2) is 27.7 Å². The number of hydrogen-bond donors (Lipinski definition) is 0. The van der Waals surface area contributed by atoms with E-state index in [4.69, 9.17) is 37.9 Å². The summed E-state index contributed by atoms with van der Waals surface area (Å²) in [5, 5.41) is -2.83. The minimum absolute atomic E-state index is 0.0226. The number of hydrogen-bond acceptors (Lipinski definition) is 20. The van der Waals surface area contributed by atoms with Crippen LogP contribution in [0.1, 0.15) is 254 Å². The van der Waals surface area contributed by atoms with Crippen molar-refractivity contribution in [3.8, 4) is 5.75 Å². The molecule has 3 saturated heterocycles. The van der Waals surface area contributed by atoms with Crippen molar-refractivity contribution in [1.82, 2.24) is 0 Å². The summed E-state index contributed by atoms with van der Waals surface area (Å²) in [4.78, 5) is 96.6. The molecule has 0 spiro atoms. The van der Waals surface area contributed by atoms with Gasteiger partial charge in [0.05, 0.1) is 52.6 Å². The largest absolute Gasteiger partial charge is 0.743 e. The number of rotatable bonds is 23. The van der Waals surface area contributed by atoms with Gasteiger partial charge in [0.2, 0.25) is 6.10 Å². The molecule has 112 heavy (non-hydrogen) atoms.